The van der Waals surface area contributed by atoms with E-state index in [1.807, 2.05) is 24.1 Å². The van der Waals surface area contributed by atoms with E-state index in [1.165, 1.54) is 0 Å². The molecule has 29 heavy (non-hydrogen) atoms. The molecule has 2 aliphatic rings. The summed E-state index contributed by atoms with van der Waals surface area (Å²) in [5, 5.41) is 7.20. The minimum Gasteiger partial charge on any atom is -0.357 e. The number of aromatic nitrogens is 4. The third-order valence-corrected chi connectivity index (χ3v) is 5.71. The minimum atomic E-state index is -0.346. The highest BCUT2D eigenvalue weighted by Crippen LogP contribution is 2.26. The Labute approximate surface area is 170 Å². The SMILES string of the molecule is CC[C@@H](C(=O)N1CCc2nc(NC)nc(C(=O)N3CCCC3)c2C1)n1cccn1. The lowest BCUT2D eigenvalue weighted by Gasteiger charge is -2.32. The molecule has 0 saturated carbocycles. The zero-order valence-corrected chi connectivity index (χ0v) is 17.0. The minimum absolute atomic E-state index is 0.0131. The van der Waals surface area contributed by atoms with Crippen LogP contribution in [0.5, 0.6) is 0 Å². The predicted molar refractivity (Wildman–Crippen MR) is 107 cm³/mol. The quantitative estimate of drug-likeness (QED) is 0.821. The molecule has 2 aromatic rings. The van der Waals surface area contributed by atoms with Crippen LogP contribution in [-0.4, -0.2) is 68.0 Å². The molecule has 2 aliphatic heterocycles. The summed E-state index contributed by atoms with van der Waals surface area (Å²) in [5.41, 5.74) is 2.05. The maximum absolute atomic E-state index is 13.2. The molecule has 4 heterocycles. The Hall–Kier alpha value is -2.97. The summed E-state index contributed by atoms with van der Waals surface area (Å²) < 4.78 is 1.70. The van der Waals surface area contributed by atoms with Gasteiger partial charge in [-0.2, -0.15) is 5.10 Å². The molecule has 0 bridgehead atoms. The van der Waals surface area contributed by atoms with E-state index >= 15 is 0 Å². The summed E-state index contributed by atoms with van der Waals surface area (Å²) in [5.74, 6) is 0.402. The van der Waals surface area contributed by atoms with Gasteiger partial charge in [0, 0.05) is 57.6 Å². The first-order valence-electron chi connectivity index (χ1n) is 10.3. The molecule has 2 amide bonds. The third kappa shape index (κ3) is 3.68. The number of carbonyl (C=O) groups is 2. The van der Waals surface area contributed by atoms with Crippen molar-refractivity contribution in [2.75, 3.05) is 32.0 Å². The summed E-state index contributed by atoms with van der Waals surface area (Å²) in [4.78, 5) is 39.1. The molecule has 4 rings (SSSR count). The van der Waals surface area contributed by atoms with Crippen molar-refractivity contribution < 1.29 is 9.59 Å². The first-order valence-corrected chi connectivity index (χ1v) is 10.3. The molecule has 2 aromatic heterocycles. The second-order valence-corrected chi connectivity index (χ2v) is 7.49. The Kier molecular flexibility index (Phi) is 5.46. The number of hydrogen-bond acceptors (Lipinski definition) is 6. The molecular formula is C20H27N7O2. The summed E-state index contributed by atoms with van der Waals surface area (Å²) in [7, 11) is 1.75. The van der Waals surface area contributed by atoms with Crippen LogP contribution in [0.2, 0.25) is 0 Å². The van der Waals surface area contributed by atoms with Gasteiger partial charge in [0.15, 0.2) is 0 Å². The Morgan fingerprint density at radius 3 is 2.62 bits per heavy atom. The molecule has 0 aromatic carbocycles. The molecule has 154 valence electrons. The number of anilines is 1. The Morgan fingerprint density at radius 1 is 1.17 bits per heavy atom. The maximum atomic E-state index is 13.2. The van der Waals surface area contributed by atoms with Crippen molar-refractivity contribution in [2.24, 2.45) is 0 Å². The topological polar surface area (TPSA) is 96.2 Å². The van der Waals surface area contributed by atoms with Gasteiger partial charge in [-0.05, 0) is 25.3 Å². The van der Waals surface area contributed by atoms with Crippen molar-refractivity contribution in [3.05, 3.63) is 35.4 Å². The van der Waals surface area contributed by atoms with Gasteiger partial charge in [-0.1, -0.05) is 6.92 Å². The maximum Gasteiger partial charge on any atom is 0.273 e. The molecule has 0 unspecified atom stereocenters. The molecule has 9 nitrogen and oxygen atoms in total. The van der Waals surface area contributed by atoms with E-state index in [-0.39, 0.29) is 17.9 Å². The van der Waals surface area contributed by atoms with E-state index < -0.39 is 0 Å². The summed E-state index contributed by atoms with van der Waals surface area (Å²) in [6.45, 7) is 4.41. The van der Waals surface area contributed by atoms with Crippen molar-refractivity contribution in [2.45, 2.75) is 45.2 Å². The molecule has 0 spiro atoms. The number of likely N-dealkylation sites (tertiary alicyclic amines) is 1. The monoisotopic (exact) mass is 397 g/mol. The predicted octanol–water partition coefficient (Wildman–Crippen LogP) is 1.49. The van der Waals surface area contributed by atoms with Crippen LogP contribution in [0, 0.1) is 0 Å². The molecular weight excluding hydrogens is 370 g/mol. The van der Waals surface area contributed by atoms with Gasteiger partial charge in [-0.25, -0.2) is 9.97 Å². The Morgan fingerprint density at radius 2 is 1.97 bits per heavy atom. The standard InChI is InChI=1S/C20H27N7O2/c1-3-16(27-11-6-8-22-27)18(28)26-12-7-15-14(13-26)17(24-20(21-2)23-15)19(29)25-9-4-5-10-25/h6,8,11,16H,3-5,7,9-10,12-13H2,1-2H3,(H,21,23,24)/t16-/m0/s1. The fourth-order valence-corrected chi connectivity index (χ4v) is 4.11. The van der Waals surface area contributed by atoms with Crippen molar-refractivity contribution >= 4 is 17.8 Å². The van der Waals surface area contributed by atoms with E-state index in [4.69, 9.17) is 0 Å². The first kappa shape index (κ1) is 19.4. The van der Waals surface area contributed by atoms with Crippen LogP contribution < -0.4 is 5.32 Å². The molecule has 9 heteroatoms. The van der Waals surface area contributed by atoms with Crippen molar-refractivity contribution in [1.82, 2.24) is 29.5 Å². The zero-order valence-electron chi connectivity index (χ0n) is 17.0. The van der Waals surface area contributed by atoms with Gasteiger partial charge in [0.2, 0.25) is 11.9 Å². The smallest absolute Gasteiger partial charge is 0.273 e. The van der Waals surface area contributed by atoms with E-state index in [0.29, 0.717) is 37.6 Å². The fraction of sp³-hybridized carbons (Fsp3) is 0.550. The van der Waals surface area contributed by atoms with E-state index in [0.717, 1.165) is 37.2 Å². The summed E-state index contributed by atoms with van der Waals surface area (Å²) >= 11 is 0. The van der Waals surface area contributed by atoms with Gasteiger partial charge in [0.1, 0.15) is 11.7 Å². The van der Waals surface area contributed by atoms with Crippen LogP contribution >= 0.6 is 0 Å². The molecule has 1 atom stereocenters. The first-order chi connectivity index (χ1) is 14.1. The lowest BCUT2D eigenvalue weighted by molar-refractivity contribution is -0.136. The van der Waals surface area contributed by atoms with E-state index in [1.54, 1.807) is 22.8 Å². The number of carbonyl (C=O) groups excluding carboxylic acids is 2. The van der Waals surface area contributed by atoms with Gasteiger partial charge in [0.25, 0.3) is 5.91 Å². The van der Waals surface area contributed by atoms with Crippen LogP contribution in [0.4, 0.5) is 5.95 Å². The second-order valence-electron chi connectivity index (χ2n) is 7.49. The number of hydrogen-bond donors (Lipinski definition) is 1. The summed E-state index contributed by atoms with van der Waals surface area (Å²) in [6.07, 6.45) is 6.79. The number of fused-ring (bicyclic) bond motifs is 1. The van der Waals surface area contributed by atoms with Crippen LogP contribution in [0.25, 0.3) is 0 Å². The Bertz CT molecular complexity index is 890. The Balaban J connectivity index is 1.64. The van der Waals surface area contributed by atoms with Crippen LogP contribution in [0.3, 0.4) is 0 Å². The lowest BCUT2D eigenvalue weighted by atomic mass is 10.0. The molecule has 1 saturated heterocycles. The van der Waals surface area contributed by atoms with Crippen molar-refractivity contribution in [1.29, 1.82) is 0 Å². The average molecular weight is 397 g/mol. The molecule has 0 aliphatic carbocycles. The number of nitrogens with one attached hydrogen (secondary N) is 1. The van der Waals surface area contributed by atoms with Gasteiger partial charge >= 0.3 is 0 Å². The fourth-order valence-electron chi connectivity index (χ4n) is 4.11. The second kappa shape index (κ2) is 8.18. The highest BCUT2D eigenvalue weighted by molar-refractivity contribution is 5.94. The lowest BCUT2D eigenvalue weighted by Crippen LogP contribution is -2.42. The van der Waals surface area contributed by atoms with Gasteiger partial charge < -0.3 is 15.1 Å². The van der Waals surface area contributed by atoms with Crippen LogP contribution in [-0.2, 0) is 17.8 Å². The highest BCUT2D eigenvalue weighted by atomic mass is 16.2. The molecule has 1 fully saturated rings. The molecule has 0 radical (unpaired) electrons. The largest absolute Gasteiger partial charge is 0.357 e. The third-order valence-electron chi connectivity index (χ3n) is 5.71. The van der Waals surface area contributed by atoms with Gasteiger partial charge in [-0.15, -0.1) is 0 Å². The van der Waals surface area contributed by atoms with Gasteiger partial charge in [-0.3, -0.25) is 14.3 Å². The van der Waals surface area contributed by atoms with Crippen molar-refractivity contribution in [3.63, 3.8) is 0 Å². The molecule has 1 N–H and O–H groups in total. The average Bonchev–Trinajstić information content (AvgIpc) is 3.47. The van der Waals surface area contributed by atoms with Crippen molar-refractivity contribution in [3.8, 4) is 0 Å². The zero-order chi connectivity index (χ0) is 20.4. The van der Waals surface area contributed by atoms with E-state index in [2.05, 4.69) is 20.4 Å². The van der Waals surface area contributed by atoms with Crippen LogP contribution in [0.1, 0.15) is 54.0 Å². The normalized spacial score (nSPS) is 17.2. The van der Waals surface area contributed by atoms with Crippen LogP contribution in [0.15, 0.2) is 18.5 Å². The van der Waals surface area contributed by atoms with E-state index in [9.17, 15) is 9.59 Å². The number of nitrogens with zero attached hydrogens (tertiary/aromatic N) is 6. The summed E-state index contributed by atoms with van der Waals surface area (Å²) in [6, 6.07) is 1.48. The number of amides is 2. The van der Waals surface area contributed by atoms with Gasteiger partial charge in [0.05, 0.1) is 5.69 Å². The number of rotatable bonds is 5. The highest BCUT2D eigenvalue weighted by Gasteiger charge is 2.33.